The molecule has 1 aliphatic carbocycles. The summed E-state index contributed by atoms with van der Waals surface area (Å²) in [6, 6.07) is 8.01. The second-order valence-corrected chi connectivity index (χ2v) is 9.00. The van der Waals surface area contributed by atoms with Gasteiger partial charge in [0.25, 0.3) is 5.91 Å². The molecular formula is C20H24N4O4S. The van der Waals surface area contributed by atoms with Crippen molar-refractivity contribution in [3.63, 3.8) is 0 Å². The molecule has 154 valence electrons. The lowest BCUT2D eigenvalue weighted by molar-refractivity contribution is 0.102. The molecule has 1 saturated heterocycles. The van der Waals surface area contributed by atoms with Gasteiger partial charge in [-0.1, -0.05) is 0 Å². The number of rotatable bonds is 7. The first-order valence-electron chi connectivity index (χ1n) is 9.69. The summed E-state index contributed by atoms with van der Waals surface area (Å²) in [5.41, 5.74) is 0.778. The average Bonchev–Trinajstić information content (AvgIpc) is 3.35. The lowest BCUT2D eigenvalue weighted by atomic mass is 10.2. The standard InChI is InChI=1S/C20H24N4O4S/c1-28-17-8-4-14(12-18(17)29(26,27)23-15-5-6-15)20(25)22-16-7-9-19(21-13-16)24-10-2-3-11-24/h4,7-9,12-13,15,23H,2-3,5-6,10-11H2,1H3,(H,22,25). The fourth-order valence-corrected chi connectivity index (χ4v) is 4.81. The summed E-state index contributed by atoms with van der Waals surface area (Å²) in [7, 11) is -2.36. The Hall–Kier alpha value is -2.65. The number of hydrogen-bond donors (Lipinski definition) is 2. The molecule has 2 heterocycles. The number of anilines is 2. The molecule has 1 aliphatic heterocycles. The molecule has 0 spiro atoms. The molecule has 2 aromatic rings. The van der Waals surface area contributed by atoms with Crippen LogP contribution in [0.5, 0.6) is 5.75 Å². The molecule has 8 nitrogen and oxygen atoms in total. The first kappa shape index (κ1) is 19.7. The monoisotopic (exact) mass is 416 g/mol. The van der Waals surface area contributed by atoms with Crippen LogP contribution in [0.1, 0.15) is 36.0 Å². The van der Waals surface area contributed by atoms with Gasteiger partial charge in [-0.15, -0.1) is 0 Å². The number of pyridine rings is 1. The van der Waals surface area contributed by atoms with E-state index in [0.717, 1.165) is 31.7 Å². The summed E-state index contributed by atoms with van der Waals surface area (Å²) in [5.74, 6) is 0.682. The van der Waals surface area contributed by atoms with Crippen LogP contribution < -0.4 is 19.7 Å². The minimum atomic E-state index is -3.76. The van der Waals surface area contributed by atoms with E-state index in [9.17, 15) is 13.2 Å². The second-order valence-electron chi connectivity index (χ2n) is 7.31. The van der Waals surface area contributed by atoms with Gasteiger partial charge >= 0.3 is 0 Å². The van der Waals surface area contributed by atoms with Gasteiger partial charge in [0.05, 0.1) is 19.0 Å². The van der Waals surface area contributed by atoms with Gasteiger partial charge in [0.2, 0.25) is 10.0 Å². The molecule has 0 radical (unpaired) electrons. The zero-order valence-corrected chi connectivity index (χ0v) is 17.0. The van der Waals surface area contributed by atoms with Crippen LogP contribution in [0, 0.1) is 0 Å². The van der Waals surface area contributed by atoms with Crippen LogP contribution in [-0.4, -0.2) is 45.6 Å². The first-order valence-corrected chi connectivity index (χ1v) is 11.2. The van der Waals surface area contributed by atoms with Gasteiger partial charge < -0.3 is 15.0 Å². The number of aromatic nitrogens is 1. The van der Waals surface area contributed by atoms with Crippen molar-refractivity contribution >= 4 is 27.4 Å². The van der Waals surface area contributed by atoms with Gasteiger partial charge in [0.15, 0.2) is 0 Å². The zero-order valence-electron chi connectivity index (χ0n) is 16.2. The van der Waals surface area contributed by atoms with Gasteiger partial charge in [0, 0.05) is 24.7 Å². The van der Waals surface area contributed by atoms with E-state index in [1.165, 1.54) is 38.2 Å². The number of methoxy groups -OCH3 is 1. The van der Waals surface area contributed by atoms with Crippen molar-refractivity contribution in [1.29, 1.82) is 0 Å². The topological polar surface area (TPSA) is 101 Å². The Morgan fingerprint density at radius 3 is 2.55 bits per heavy atom. The SMILES string of the molecule is COc1ccc(C(=O)Nc2ccc(N3CCCC3)nc2)cc1S(=O)(=O)NC1CC1. The molecule has 0 unspecified atom stereocenters. The molecule has 29 heavy (non-hydrogen) atoms. The van der Waals surface area contributed by atoms with Crippen LogP contribution in [0.3, 0.4) is 0 Å². The second kappa shape index (κ2) is 8.00. The molecule has 1 amide bonds. The maximum atomic E-state index is 12.7. The summed E-state index contributed by atoms with van der Waals surface area (Å²) in [4.78, 5) is 19.2. The number of ether oxygens (including phenoxy) is 1. The lowest BCUT2D eigenvalue weighted by Crippen LogP contribution is -2.26. The average molecular weight is 417 g/mol. The van der Waals surface area contributed by atoms with E-state index < -0.39 is 15.9 Å². The maximum Gasteiger partial charge on any atom is 0.255 e. The summed E-state index contributed by atoms with van der Waals surface area (Å²) in [5, 5.41) is 2.77. The Kier molecular flexibility index (Phi) is 5.42. The summed E-state index contributed by atoms with van der Waals surface area (Å²) in [6.45, 7) is 1.99. The Labute approximate surface area is 170 Å². The van der Waals surface area contributed by atoms with Crippen LogP contribution >= 0.6 is 0 Å². The van der Waals surface area contributed by atoms with Gasteiger partial charge in [-0.25, -0.2) is 18.1 Å². The van der Waals surface area contributed by atoms with Crippen LogP contribution in [0.4, 0.5) is 11.5 Å². The Bertz CT molecular complexity index is 998. The third-order valence-electron chi connectivity index (χ3n) is 5.05. The third kappa shape index (κ3) is 4.51. The number of benzene rings is 1. The van der Waals surface area contributed by atoms with Crippen molar-refractivity contribution in [3.8, 4) is 5.75 Å². The van der Waals surface area contributed by atoms with Crippen molar-refractivity contribution in [1.82, 2.24) is 9.71 Å². The van der Waals surface area contributed by atoms with E-state index >= 15 is 0 Å². The number of nitrogens with zero attached hydrogens (tertiary/aromatic N) is 2. The molecule has 0 atom stereocenters. The minimum Gasteiger partial charge on any atom is -0.495 e. The quantitative estimate of drug-likeness (QED) is 0.719. The van der Waals surface area contributed by atoms with Gasteiger partial charge in [-0.05, 0) is 56.0 Å². The number of amides is 1. The summed E-state index contributed by atoms with van der Waals surface area (Å²) < 4.78 is 33.0. The van der Waals surface area contributed by atoms with Crippen molar-refractivity contribution < 1.29 is 17.9 Å². The van der Waals surface area contributed by atoms with Gasteiger partial charge in [-0.2, -0.15) is 0 Å². The number of nitrogens with one attached hydrogen (secondary N) is 2. The predicted octanol–water partition coefficient (Wildman–Crippen LogP) is 2.38. The van der Waals surface area contributed by atoms with Crippen molar-refractivity contribution in [2.45, 2.75) is 36.6 Å². The molecule has 1 aromatic carbocycles. The Balaban J connectivity index is 1.51. The van der Waals surface area contributed by atoms with E-state index in [2.05, 4.69) is 19.9 Å². The fourth-order valence-electron chi connectivity index (χ4n) is 3.31. The highest BCUT2D eigenvalue weighted by Gasteiger charge is 2.30. The molecule has 9 heteroatoms. The van der Waals surface area contributed by atoms with E-state index in [4.69, 9.17) is 4.74 Å². The first-order chi connectivity index (χ1) is 14.0. The maximum absolute atomic E-state index is 12.7. The Morgan fingerprint density at radius 2 is 1.93 bits per heavy atom. The van der Waals surface area contributed by atoms with Gasteiger partial charge in [-0.3, -0.25) is 4.79 Å². The van der Waals surface area contributed by atoms with E-state index in [0.29, 0.717) is 5.69 Å². The molecular weight excluding hydrogens is 392 g/mol. The molecule has 2 aliphatic rings. The van der Waals surface area contributed by atoms with E-state index in [1.54, 1.807) is 12.3 Å². The number of carbonyl (C=O) groups is 1. The molecule has 2 fully saturated rings. The third-order valence-corrected chi connectivity index (χ3v) is 6.59. The van der Waals surface area contributed by atoms with Crippen molar-refractivity contribution in [3.05, 3.63) is 42.1 Å². The molecule has 2 N–H and O–H groups in total. The largest absolute Gasteiger partial charge is 0.495 e. The number of hydrogen-bond acceptors (Lipinski definition) is 6. The number of carbonyl (C=O) groups excluding carboxylic acids is 1. The summed E-state index contributed by atoms with van der Waals surface area (Å²) >= 11 is 0. The predicted molar refractivity (Wildman–Crippen MR) is 110 cm³/mol. The minimum absolute atomic E-state index is 0.0395. The van der Waals surface area contributed by atoms with Crippen LogP contribution in [0.2, 0.25) is 0 Å². The van der Waals surface area contributed by atoms with Crippen LogP contribution in [0.15, 0.2) is 41.4 Å². The molecule has 1 saturated carbocycles. The zero-order chi connectivity index (χ0) is 20.4. The molecule has 1 aromatic heterocycles. The molecule has 0 bridgehead atoms. The number of sulfonamides is 1. The fraction of sp³-hybridized carbons (Fsp3) is 0.400. The highest BCUT2D eigenvalue weighted by molar-refractivity contribution is 7.89. The van der Waals surface area contributed by atoms with Crippen molar-refractivity contribution in [2.75, 3.05) is 30.4 Å². The normalized spacial score (nSPS) is 16.7. The van der Waals surface area contributed by atoms with E-state index in [1.807, 2.05) is 6.07 Å². The van der Waals surface area contributed by atoms with Gasteiger partial charge in [0.1, 0.15) is 16.5 Å². The van der Waals surface area contributed by atoms with Crippen molar-refractivity contribution in [2.24, 2.45) is 0 Å². The lowest BCUT2D eigenvalue weighted by Gasteiger charge is -2.16. The molecule has 4 rings (SSSR count). The highest BCUT2D eigenvalue weighted by atomic mass is 32.2. The smallest absolute Gasteiger partial charge is 0.255 e. The summed E-state index contributed by atoms with van der Waals surface area (Å²) in [6.07, 6.45) is 5.59. The van der Waals surface area contributed by atoms with Crippen LogP contribution in [-0.2, 0) is 10.0 Å². The van der Waals surface area contributed by atoms with Crippen LogP contribution in [0.25, 0.3) is 0 Å². The van der Waals surface area contributed by atoms with E-state index in [-0.39, 0.29) is 22.3 Å². The Morgan fingerprint density at radius 1 is 1.17 bits per heavy atom. The highest BCUT2D eigenvalue weighted by Crippen LogP contribution is 2.28.